The third-order valence-electron chi connectivity index (χ3n) is 5.69. The standard InChI is InChI=1S/C20H24N6O8/c1-9(27)31-6-12-16(32-10(2)28)17(33-11(3)29)20(34-12,13-4-5-14(30)25-13)26-8-24-15-18(21)22-7-23-19(15)26/h7-8,12-13,16-17H,4-6H2,1-3H3,(H,25,30)(H2,21,22,23)/t12-,13?,16-,17-,20-/m1/s1. The zero-order chi connectivity index (χ0) is 24.6. The van der Waals surface area contributed by atoms with Gasteiger partial charge in [0.05, 0.1) is 12.4 Å². The van der Waals surface area contributed by atoms with Crippen LogP contribution in [0.3, 0.4) is 0 Å². The fourth-order valence-corrected chi connectivity index (χ4v) is 4.47. The van der Waals surface area contributed by atoms with Gasteiger partial charge in [0.2, 0.25) is 11.6 Å². The average Bonchev–Trinajstić information content (AvgIpc) is 3.45. The van der Waals surface area contributed by atoms with Gasteiger partial charge in [0.15, 0.2) is 23.7 Å². The summed E-state index contributed by atoms with van der Waals surface area (Å²) in [6.45, 7) is 3.28. The van der Waals surface area contributed by atoms with E-state index in [1.54, 1.807) is 0 Å². The second kappa shape index (κ2) is 8.85. The van der Waals surface area contributed by atoms with E-state index in [0.717, 1.165) is 0 Å². The largest absolute Gasteiger partial charge is 0.463 e. The van der Waals surface area contributed by atoms with Crippen LogP contribution < -0.4 is 11.1 Å². The van der Waals surface area contributed by atoms with Gasteiger partial charge < -0.3 is 30.0 Å². The van der Waals surface area contributed by atoms with Crippen molar-refractivity contribution in [1.29, 1.82) is 0 Å². The molecular weight excluding hydrogens is 452 g/mol. The monoisotopic (exact) mass is 476 g/mol. The van der Waals surface area contributed by atoms with E-state index in [9.17, 15) is 19.2 Å². The number of amides is 1. The van der Waals surface area contributed by atoms with Crippen LogP contribution in [0.4, 0.5) is 5.82 Å². The quantitative estimate of drug-likeness (QED) is 0.389. The topological polar surface area (TPSA) is 187 Å². The number of nitrogens with two attached hydrogens (primary N) is 1. The lowest BCUT2D eigenvalue weighted by molar-refractivity contribution is -0.190. The summed E-state index contributed by atoms with van der Waals surface area (Å²) in [5.41, 5.74) is 4.78. The molecule has 2 aromatic rings. The predicted octanol–water partition coefficient (Wildman–Crippen LogP) is -0.835. The summed E-state index contributed by atoms with van der Waals surface area (Å²) in [4.78, 5) is 60.4. The first-order chi connectivity index (χ1) is 16.1. The van der Waals surface area contributed by atoms with Gasteiger partial charge in [0, 0.05) is 27.2 Å². The van der Waals surface area contributed by atoms with Crippen molar-refractivity contribution < 1.29 is 38.1 Å². The van der Waals surface area contributed by atoms with E-state index in [2.05, 4.69) is 20.3 Å². The van der Waals surface area contributed by atoms with Crippen LogP contribution in [0, 0.1) is 0 Å². The van der Waals surface area contributed by atoms with E-state index in [0.29, 0.717) is 6.42 Å². The van der Waals surface area contributed by atoms with Gasteiger partial charge in [-0.2, -0.15) is 0 Å². The van der Waals surface area contributed by atoms with Gasteiger partial charge in [-0.3, -0.25) is 23.7 Å². The number of hydrogen-bond acceptors (Lipinski definition) is 12. The Bertz CT molecular complexity index is 1150. The first-order valence-corrected chi connectivity index (χ1v) is 10.5. The number of anilines is 1. The third kappa shape index (κ3) is 4.00. The van der Waals surface area contributed by atoms with Crippen LogP contribution in [-0.4, -0.2) is 74.3 Å². The van der Waals surface area contributed by atoms with E-state index < -0.39 is 48.0 Å². The molecule has 1 amide bonds. The maximum Gasteiger partial charge on any atom is 0.303 e. The molecule has 4 heterocycles. The van der Waals surface area contributed by atoms with Crippen LogP contribution in [0.15, 0.2) is 12.7 Å². The maximum absolute atomic E-state index is 12.2. The fraction of sp³-hybridized carbons (Fsp3) is 0.550. The van der Waals surface area contributed by atoms with Crippen molar-refractivity contribution in [3.8, 4) is 0 Å². The number of nitrogen functional groups attached to an aromatic ring is 1. The van der Waals surface area contributed by atoms with Crippen molar-refractivity contribution in [3.63, 3.8) is 0 Å². The van der Waals surface area contributed by atoms with E-state index in [4.69, 9.17) is 24.7 Å². The Kier molecular flexibility index (Phi) is 6.08. The molecule has 2 aliphatic rings. The molecule has 0 aromatic carbocycles. The summed E-state index contributed by atoms with van der Waals surface area (Å²) in [7, 11) is 0. The highest BCUT2D eigenvalue weighted by Crippen LogP contribution is 2.45. The molecule has 0 spiro atoms. The minimum Gasteiger partial charge on any atom is -0.463 e. The van der Waals surface area contributed by atoms with E-state index in [-0.39, 0.29) is 35.9 Å². The molecule has 0 bridgehead atoms. The van der Waals surface area contributed by atoms with E-state index >= 15 is 0 Å². The lowest BCUT2D eigenvalue weighted by Gasteiger charge is -2.39. The van der Waals surface area contributed by atoms with Crippen molar-refractivity contribution in [2.45, 2.75) is 63.7 Å². The van der Waals surface area contributed by atoms with Crippen LogP contribution in [0.25, 0.3) is 11.2 Å². The summed E-state index contributed by atoms with van der Waals surface area (Å²) < 4.78 is 24.2. The SMILES string of the molecule is CC(=O)OC[C@H]1O[C@@](C2CCC(=O)N2)(n2cnc3c(N)ncnc32)[C@H](OC(C)=O)[C@@H]1OC(C)=O. The molecule has 2 aromatic heterocycles. The van der Waals surface area contributed by atoms with Gasteiger partial charge in [-0.1, -0.05) is 0 Å². The second-order valence-corrected chi connectivity index (χ2v) is 8.02. The lowest BCUT2D eigenvalue weighted by atomic mass is 9.93. The summed E-state index contributed by atoms with van der Waals surface area (Å²) in [5.74, 6) is -2.10. The zero-order valence-corrected chi connectivity index (χ0v) is 18.7. The summed E-state index contributed by atoms with van der Waals surface area (Å²) in [6.07, 6.45) is -0.432. The molecule has 5 atom stereocenters. The Balaban J connectivity index is 1.93. The minimum atomic E-state index is -1.67. The lowest BCUT2D eigenvalue weighted by Crippen LogP contribution is -2.59. The number of carbonyl (C=O) groups excluding carboxylic acids is 4. The van der Waals surface area contributed by atoms with Gasteiger partial charge in [0.25, 0.3) is 0 Å². The van der Waals surface area contributed by atoms with Gasteiger partial charge in [-0.15, -0.1) is 0 Å². The van der Waals surface area contributed by atoms with E-state index in [1.165, 1.54) is 38.0 Å². The molecule has 3 N–H and O–H groups in total. The number of nitrogens with one attached hydrogen (secondary N) is 1. The molecule has 14 nitrogen and oxygen atoms in total. The Hall–Kier alpha value is -3.81. The van der Waals surface area contributed by atoms with Crippen LogP contribution >= 0.6 is 0 Å². The molecule has 2 fully saturated rings. The zero-order valence-electron chi connectivity index (χ0n) is 18.7. The molecule has 14 heteroatoms. The molecule has 34 heavy (non-hydrogen) atoms. The fourth-order valence-electron chi connectivity index (χ4n) is 4.47. The Labute approximate surface area is 193 Å². The molecular formula is C20H24N6O8. The molecule has 0 radical (unpaired) electrons. The second-order valence-electron chi connectivity index (χ2n) is 8.02. The van der Waals surface area contributed by atoms with Crippen LogP contribution in [0.2, 0.25) is 0 Å². The molecule has 0 aliphatic carbocycles. The molecule has 0 saturated carbocycles. The minimum absolute atomic E-state index is 0.101. The smallest absolute Gasteiger partial charge is 0.303 e. The van der Waals surface area contributed by atoms with Crippen molar-refractivity contribution in [3.05, 3.63) is 12.7 Å². The van der Waals surface area contributed by atoms with Crippen LogP contribution in [0.1, 0.15) is 33.6 Å². The van der Waals surface area contributed by atoms with Crippen molar-refractivity contribution in [1.82, 2.24) is 24.8 Å². The molecule has 2 aliphatic heterocycles. The number of esters is 3. The van der Waals surface area contributed by atoms with Crippen LogP contribution in [-0.2, 0) is 43.9 Å². The first kappa shape index (κ1) is 23.4. The number of aromatic nitrogens is 4. The Morgan fingerprint density at radius 1 is 1.18 bits per heavy atom. The van der Waals surface area contributed by atoms with Crippen LogP contribution in [0.5, 0.6) is 0 Å². The maximum atomic E-state index is 12.2. The summed E-state index contributed by atoms with van der Waals surface area (Å²) >= 11 is 0. The number of fused-ring (bicyclic) bond motifs is 1. The molecule has 182 valence electrons. The third-order valence-corrected chi connectivity index (χ3v) is 5.69. The number of carbonyl (C=O) groups is 4. The molecule has 4 rings (SSSR count). The van der Waals surface area contributed by atoms with E-state index in [1.807, 2.05) is 0 Å². The van der Waals surface area contributed by atoms with Gasteiger partial charge in [-0.05, 0) is 6.42 Å². The first-order valence-electron chi connectivity index (χ1n) is 10.5. The predicted molar refractivity (Wildman–Crippen MR) is 111 cm³/mol. The van der Waals surface area contributed by atoms with Gasteiger partial charge in [0.1, 0.15) is 24.6 Å². The Morgan fingerprint density at radius 2 is 1.91 bits per heavy atom. The number of ether oxygens (including phenoxy) is 4. The van der Waals surface area contributed by atoms with Gasteiger partial charge >= 0.3 is 17.9 Å². The van der Waals surface area contributed by atoms with Crippen molar-refractivity contribution in [2.75, 3.05) is 12.3 Å². The highest BCUT2D eigenvalue weighted by atomic mass is 16.7. The van der Waals surface area contributed by atoms with Crippen molar-refractivity contribution in [2.24, 2.45) is 0 Å². The average molecular weight is 476 g/mol. The number of rotatable bonds is 6. The molecule has 1 unspecified atom stereocenters. The summed E-state index contributed by atoms with van der Waals surface area (Å²) in [6, 6.07) is -0.752. The number of imidazole rings is 1. The highest BCUT2D eigenvalue weighted by Gasteiger charge is 2.65. The summed E-state index contributed by atoms with van der Waals surface area (Å²) in [5, 5.41) is 2.84. The number of hydrogen-bond donors (Lipinski definition) is 2. The number of nitrogens with zero attached hydrogens (tertiary/aromatic N) is 4. The van der Waals surface area contributed by atoms with Crippen molar-refractivity contribution >= 4 is 40.8 Å². The normalized spacial score (nSPS) is 28.5. The van der Waals surface area contributed by atoms with Gasteiger partial charge in [-0.25, -0.2) is 15.0 Å². The molecule has 2 saturated heterocycles. The Morgan fingerprint density at radius 3 is 2.53 bits per heavy atom. The highest BCUT2D eigenvalue weighted by molar-refractivity contribution is 5.82.